The van der Waals surface area contributed by atoms with Crippen molar-refractivity contribution in [1.29, 1.82) is 5.26 Å². The fraction of sp³-hybridized carbons (Fsp3) is 0.533. The zero-order valence-corrected chi connectivity index (χ0v) is 11.9. The molecular formula is C15H16N2O2S. The minimum atomic E-state index is -0.750. The third-order valence-corrected chi connectivity index (χ3v) is 6.49. The van der Waals surface area contributed by atoms with Crippen LogP contribution < -0.4 is 0 Å². The summed E-state index contributed by atoms with van der Waals surface area (Å²) in [6.45, 7) is 0. The first-order chi connectivity index (χ1) is 9.69. The Kier molecular flexibility index (Phi) is 3.66. The number of ketones is 1. The van der Waals surface area contributed by atoms with Gasteiger partial charge in [-0.3, -0.25) is 14.0 Å². The standard InChI is InChI=1S/C15H16N2O2S/c16-8-10-4-5-14(17-9-10)15(18)11-6-12-2-1-3-13(7-11)20(12)19/h4-5,9,11-13H,1-3,6-7H2. The van der Waals surface area contributed by atoms with Gasteiger partial charge in [0.1, 0.15) is 11.8 Å². The molecule has 4 nitrogen and oxygen atoms in total. The van der Waals surface area contributed by atoms with E-state index >= 15 is 0 Å². The quantitative estimate of drug-likeness (QED) is 0.782. The van der Waals surface area contributed by atoms with Crippen LogP contribution in [-0.2, 0) is 10.8 Å². The average Bonchev–Trinajstić information content (AvgIpc) is 2.46. The van der Waals surface area contributed by atoms with Crippen LogP contribution in [0.4, 0.5) is 0 Å². The molecule has 20 heavy (non-hydrogen) atoms. The van der Waals surface area contributed by atoms with Crippen molar-refractivity contribution in [2.45, 2.75) is 42.6 Å². The molecule has 3 rings (SSSR count). The number of pyridine rings is 1. The van der Waals surface area contributed by atoms with Crippen LogP contribution in [0.25, 0.3) is 0 Å². The fourth-order valence-electron chi connectivity index (χ4n) is 3.26. The van der Waals surface area contributed by atoms with Gasteiger partial charge >= 0.3 is 0 Å². The largest absolute Gasteiger partial charge is 0.292 e. The summed E-state index contributed by atoms with van der Waals surface area (Å²) in [5, 5.41) is 9.12. The van der Waals surface area contributed by atoms with E-state index in [-0.39, 0.29) is 22.2 Å². The first-order valence-corrected chi connectivity index (χ1v) is 8.26. The Morgan fingerprint density at radius 2 is 2.00 bits per heavy atom. The number of Topliss-reactive ketones (excluding diaryl/α,β-unsaturated/α-hetero) is 1. The monoisotopic (exact) mass is 288 g/mol. The van der Waals surface area contributed by atoms with Gasteiger partial charge in [0.25, 0.3) is 0 Å². The highest BCUT2D eigenvalue weighted by Crippen LogP contribution is 2.38. The van der Waals surface area contributed by atoms with Crippen LogP contribution in [0, 0.1) is 17.2 Å². The Morgan fingerprint density at radius 3 is 2.55 bits per heavy atom. The molecule has 2 aliphatic heterocycles. The van der Waals surface area contributed by atoms with E-state index in [2.05, 4.69) is 4.98 Å². The Morgan fingerprint density at radius 1 is 1.30 bits per heavy atom. The highest BCUT2D eigenvalue weighted by atomic mass is 32.2. The fourth-order valence-corrected chi connectivity index (χ4v) is 5.45. The molecule has 0 radical (unpaired) electrons. The minimum Gasteiger partial charge on any atom is -0.292 e. The van der Waals surface area contributed by atoms with Gasteiger partial charge in [-0.25, -0.2) is 0 Å². The van der Waals surface area contributed by atoms with Gasteiger partial charge in [0, 0.05) is 33.4 Å². The molecule has 0 aliphatic carbocycles. The number of aromatic nitrogens is 1. The van der Waals surface area contributed by atoms with Crippen molar-refractivity contribution < 1.29 is 9.00 Å². The van der Waals surface area contributed by atoms with E-state index in [9.17, 15) is 9.00 Å². The first kappa shape index (κ1) is 13.4. The maximum atomic E-state index is 12.5. The van der Waals surface area contributed by atoms with E-state index < -0.39 is 10.8 Å². The lowest BCUT2D eigenvalue weighted by atomic mass is 9.85. The van der Waals surface area contributed by atoms with Crippen LogP contribution in [-0.4, -0.2) is 25.5 Å². The summed E-state index contributed by atoms with van der Waals surface area (Å²) in [7, 11) is -0.750. The van der Waals surface area contributed by atoms with Gasteiger partial charge in [0.2, 0.25) is 0 Å². The molecule has 2 aliphatic rings. The van der Waals surface area contributed by atoms with Crippen LogP contribution in [0.1, 0.15) is 48.2 Å². The molecule has 2 bridgehead atoms. The van der Waals surface area contributed by atoms with Crippen molar-refractivity contribution in [3.8, 4) is 6.07 Å². The molecule has 3 heterocycles. The normalized spacial score (nSPS) is 32.4. The maximum absolute atomic E-state index is 12.5. The van der Waals surface area contributed by atoms with Gasteiger partial charge in [-0.2, -0.15) is 5.26 Å². The van der Waals surface area contributed by atoms with Gasteiger partial charge in [-0.05, 0) is 37.8 Å². The number of hydrogen-bond acceptors (Lipinski definition) is 4. The number of nitrogens with zero attached hydrogens (tertiary/aromatic N) is 2. The number of nitriles is 1. The summed E-state index contributed by atoms with van der Waals surface area (Å²) in [5.41, 5.74) is 0.892. The molecule has 104 valence electrons. The maximum Gasteiger partial charge on any atom is 0.184 e. The second kappa shape index (κ2) is 5.45. The topological polar surface area (TPSA) is 70.8 Å². The van der Waals surface area contributed by atoms with Crippen molar-refractivity contribution >= 4 is 16.6 Å². The molecule has 2 unspecified atom stereocenters. The lowest BCUT2D eigenvalue weighted by Crippen LogP contribution is -2.41. The summed E-state index contributed by atoms with van der Waals surface area (Å²) in [4.78, 5) is 16.6. The molecule has 1 aromatic heterocycles. The van der Waals surface area contributed by atoms with Crippen LogP contribution in [0.2, 0.25) is 0 Å². The highest BCUT2D eigenvalue weighted by Gasteiger charge is 2.40. The predicted molar refractivity (Wildman–Crippen MR) is 75.6 cm³/mol. The summed E-state index contributed by atoms with van der Waals surface area (Å²) in [6, 6.07) is 5.25. The van der Waals surface area contributed by atoms with E-state index in [4.69, 9.17) is 5.26 Å². The average molecular weight is 288 g/mol. The Labute approximate surface area is 120 Å². The second-order valence-corrected chi connectivity index (χ2v) is 7.57. The number of carbonyl (C=O) groups excluding carboxylic acids is 1. The summed E-state index contributed by atoms with van der Waals surface area (Å²) in [5.74, 6) is -0.00785. The number of carbonyl (C=O) groups is 1. The van der Waals surface area contributed by atoms with Crippen molar-refractivity contribution in [3.05, 3.63) is 29.6 Å². The molecule has 0 N–H and O–H groups in total. The van der Waals surface area contributed by atoms with E-state index in [0.717, 1.165) is 32.1 Å². The predicted octanol–water partition coefficient (Wildman–Crippen LogP) is 2.22. The van der Waals surface area contributed by atoms with E-state index in [1.807, 2.05) is 6.07 Å². The zero-order valence-electron chi connectivity index (χ0n) is 11.1. The van der Waals surface area contributed by atoms with E-state index in [0.29, 0.717) is 11.3 Å². The molecule has 1 aromatic rings. The number of rotatable bonds is 2. The van der Waals surface area contributed by atoms with Gasteiger partial charge in [-0.1, -0.05) is 6.42 Å². The SMILES string of the molecule is N#Cc1ccc(C(=O)C2CC3CCCC(C2)S3=O)nc1. The van der Waals surface area contributed by atoms with Crippen LogP contribution in [0.15, 0.2) is 18.3 Å². The number of hydrogen-bond donors (Lipinski definition) is 0. The van der Waals surface area contributed by atoms with Gasteiger partial charge in [-0.15, -0.1) is 0 Å². The number of fused-ring (bicyclic) bond motifs is 2. The molecule has 5 heteroatoms. The van der Waals surface area contributed by atoms with Crippen molar-refractivity contribution in [3.63, 3.8) is 0 Å². The molecule has 0 saturated carbocycles. The minimum absolute atomic E-state index is 0.0445. The highest BCUT2D eigenvalue weighted by molar-refractivity contribution is 7.86. The Hall–Kier alpha value is -1.54. The molecule has 0 aromatic carbocycles. The van der Waals surface area contributed by atoms with Crippen LogP contribution in [0.5, 0.6) is 0 Å². The van der Waals surface area contributed by atoms with Crippen LogP contribution >= 0.6 is 0 Å². The first-order valence-electron chi connectivity index (χ1n) is 6.99. The van der Waals surface area contributed by atoms with Crippen LogP contribution in [0.3, 0.4) is 0 Å². The molecule has 2 fully saturated rings. The molecule has 0 spiro atoms. The van der Waals surface area contributed by atoms with Gasteiger partial charge in [0.15, 0.2) is 5.78 Å². The molecule has 2 atom stereocenters. The lowest BCUT2D eigenvalue weighted by molar-refractivity contribution is 0.0890. The third-order valence-electron chi connectivity index (χ3n) is 4.32. The lowest BCUT2D eigenvalue weighted by Gasteiger charge is -2.37. The molecule has 2 saturated heterocycles. The van der Waals surface area contributed by atoms with Gasteiger partial charge < -0.3 is 0 Å². The Balaban J connectivity index is 1.77. The van der Waals surface area contributed by atoms with Crippen molar-refractivity contribution in [1.82, 2.24) is 4.98 Å². The Bertz CT molecular complexity index is 575. The molecular weight excluding hydrogens is 272 g/mol. The molecule has 0 amide bonds. The van der Waals surface area contributed by atoms with Gasteiger partial charge in [0.05, 0.1) is 5.56 Å². The summed E-state index contributed by atoms with van der Waals surface area (Å²) in [6.07, 6.45) is 5.99. The second-order valence-electron chi connectivity index (χ2n) is 5.58. The summed E-state index contributed by atoms with van der Waals surface area (Å²) >= 11 is 0. The smallest absolute Gasteiger partial charge is 0.184 e. The van der Waals surface area contributed by atoms with Crippen molar-refractivity contribution in [2.75, 3.05) is 0 Å². The zero-order chi connectivity index (χ0) is 14.1. The van der Waals surface area contributed by atoms with Crippen molar-refractivity contribution in [2.24, 2.45) is 5.92 Å². The van der Waals surface area contributed by atoms with E-state index in [1.165, 1.54) is 6.20 Å². The third kappa shape index (κ3) is 2.40. The summed E-state index contributed by atoms with van der Waals surface area (Å²) < 4.78 is 12.1. The van der Waals surface area contributed by atoms with E-state index in [1.54, 1.807) is 12.1 Å².